The van der Waals surface area contributed by atoms with Gasteiger partial charge in [-0.05, 0) is 18.3 Å². The second kappa shape index (κ2) is 10.7. The summed E-state index contributed by atoms with van der Waals surface area (Å²) in [6.07, 6.45) is 12.1. The van der Waals surface area contributed by atoms with E-state index in [1.165, 1.54) is 24.2 Å². The van der Waals surface area contributed by atoms with E-state index in [1.807, 2.05) is 18.2 Å². The first-order chi connectivity index (χ1) is 8.93. The zero-order chi connectivity index (χ0) is 14.7. The Morgan fingerprint density at radius 3 is 2.37 bits per heavy atom. The lowest BCUT2D eigenvalue weighted by molar-refractivity contribution is 0.160. The number of amides is 1. The third-order valence-corrected chi connectivity index (χ3v) is 3.11. The Morgan fingerprint density at radius 2 is 1.79 bits per heavy atom. The summed E-state index contributed by atoms with van der Waals surface area (Å²) in [5, 5.41) is 8.65. The van der Waals surface area contributed by atoms with Gasteiger partial charge in [0.1, 0.15) is 0 Å². The lowest BCUT2D eigenvalue weighted by Gasteiger charge is -2.09. The summed E-state index contributed by atoms with van der Waals surface area (Å²) in [6, 6.07) is 0. The van der Waals surface area contributed by atoms with Crippen molar-refractivity contribution in [2.24, 2.45) is 11.8 Å². The summed E-state index contributed by atoms with van der Waals surface area (Å²) < 4.78 is 0. The maximum Gasteiger partial charge on any atom is 0.407 e. The van der Waals surface area contributed by atoms with Crippen LogP contribution in [-0.2, 0) is 0 Å². The largest absolute Gasteiger partial charge is 0.465 e. The van der Waals surface area contributed by atoms with E-state index in [-0.39, 0.29) is 0 Å². The molecule has 0 saturated carbocycles. The second-order valence-corrected chi connectivity index (χ2v) is 5.69. The lowest BCUT2D eigenvalue weighted by Crippen LogP contribution is -2.24. The molecule has 0 aliphatic carbocycles. The standard InChI is InChI=1S/C16H29NO2/c1-14(2)10-9-12-15(3)11-7-5-6-8-13-17(4)16(18)19/h5-8,14-15H,9-13H2,1-4H3,(H,18,19). The topological polar surface area (TPSA) is 40.5 Å². The first kappa shape index (κ1) is 17.8. The molecule has 1 unspecified atom stereocenters. The van der Waals surface area contributed by atoms with Gasteiger partial charge in [0.25, 0.3) is 0 Å². The van der Waals surface area contributed by atoms with E-state index in [9.17, 15) is 4.79 Å². The molecule has 0 aromatic rings. The smallest absolute Gasteiger partial charge is 0.407 e. The normalized spacial score (nSPS) is 13.5. The molecule has 0 fully saturated rings. The van der Waals surface area contributed by atoms with Crippen molar-refractivity contribution in [1.29, 1.82) is 0 Å². The Balaban J connectivity index is 3.66. The van der Waals surface area contributed by atoms with Crippen LogP contribution in [0.15, 0.2) is 24.3 Å². The fourth-order valence-electron chi connectivity index (χ4n) is 1.76. The average Bonchev–Trinajstić information content (AvgIpc) is 2.32. The van der Waals surface area contributed by atoms with Gasteiger partial charge in [0, 0.05) is 13.6 Å². The molecule has 1 N–H and O–H groups in total. The summed E-state index contributed by atoms with van der Waals surface area (Å²) in [5.41, 5.74) is 0. The van der Waals surface area contributed by atoms with Gasteiger partial charge in [0.2, 0.25) is 0 Å². The predicted molar refractivity (Wildman–Crippen MR) is 81.4 cm³/mol. The Bertz CT molecular complexity index is 295. The molecule has 0 aromatic heterocycles. The summed E-state index contributed by atoms with van der Waals surface area (Å²) in [6.45, 7) is 7.25. The van der Waals surface area contributed by atoms with E-state index in [0.717, 1.165) is 18.3 Å². The lowest BCUT2D eigenvalue weighted by atomic mass is 9.97. The van der Waals surface area contributed by atoms with Gasteiger partial charge in [-0.25, -0.2) is 4.79 Å². The van der Waals surface area contributed by atoms with Crippen molar-refractivity contribution in [3.8, 4) is 0 Å². The van der Waals surface area contributed by atoms with Crippen molar-refractivity contribution in [2.45, 2.75) is 46.5 Å². The van der Waals surface area contributed by atoms with Crippen LogP contribution >= 0.6 is 0 Å². The fraction of sp³-hybridized carbons (Fsp3) is 0.688. The molecule has 0 aliphatic heterocycles. The maximum absolute atomic E-state index is 10.5. The number of hydrogen-bond acceptors (Lipinski definition) is 1. The van der Waals surface area contributed by atoms with Gasteiger partial charge in [-0.15, -0.1) is 0 Å². The Labute approximate surface area is 118 Å². The van der Waals surface area contributed by atoms with Crippen LogP contribution in [0.3, 0.4) is 0 Å². The van der Waals surface area contributed by atoms with E-state index in [0.29, 0.717) is 6.54 Å². The zero-order valence-electron chi connectivity index (χ0n) is 12.8. The van der Waals surface area contributed by atoms with Gasteiger partial charge in [-0.3, -0.25) is 0 Å². The molecule has 0 spiro atoms. The van der Waals surface area contributed by atoms with Crippen molar-refractivity contribution in [1.82, 2.24) is 4.90 Å². The Morgan fingerprint density at radius 1 is 1.16 bits per heavy atom. The van der Waals surface area contributed by atoms with E-state index < -0.39 is 6.09 Å². The minimum atomic E-state index is -0.896. The Kier molecular flexibility index (Phi) is 9.95. The summed E-state index contributed by atoms with van der Waals surface area (Å²) in [4.78, 5) is 11.8. The number of nitrogens with zero attached hydrogens (tertiary/aromatic N) is 1. The third kappa shape index (κ3) is 11.6. The predicted octanol–water partition coefficient (Wildman–Crippen LogP) is 4.56. The molecule has 1 amide bonds. The number of likely N-dealkylation sites (N-methyl/N-ethyl adjacent to an activating group) is 1. The van der Waals surface area contributed by atoms with Crippen molar-refractivity contribution in [3.05, 3.63) is 24.3 Å². The van der Waals surface area contributed by atoms with E-state index in [2.05, 4.69) is 26.8 Å². The summed E-state index contributed by atoms with van der Waals surface area (Å²) in [5.74, 6) is 1.53. The summed E-state index contributed by atoms with van der Waals surface area (Å²) in [7, 11) is 1.56. The zero-order valence-corrected chi connectivity index (χ0v) is 12.8. The van der Waals surface area contributed by atoms with Crippen LogP contribution in [0.2, 0.25) is 0 Å². The first-order valence-electron chi connectivity index (χ1n) is 7.19. The molecule has 0 heterocycles. The maximum atomic E-state index is 10.5. The minimum absolute atomic E-state index is 0.434. The van der Waals surface area contributed by atoms with Gasteiger partial charge >= 0.3 is 6.09 Å². The van der Waals surface area contributed by atoms with Gasteiger partial charge in [-0.2, -0.15) is 0 Å². The highest BCUT2D eigenvalue weighted by Crippen LogP contribution is 2.15. The molecule has 0 aliphatic rings. The van der Waals surface area contributed by atoms with Gasteiger partial charge in [0.05, 0.1) is 0 Å². The molecule has 110 valence electrons. The molecule has 0 radical (unpaired) electrons. The molecule has 0 rings (SSSR count). The highest BCUT2D eigenvalue weighted by molar-refractivity contribution is 5.64. The average molecular weight is 267 g/mol. The van der Waals surface area contributed by atoms with Crippen molar-refractivity contribution >= 4 is 6.09 Å². The molecule has 0 bridgehead atoms. The first-order valence-corrected chi connectivity index (χ1v) is 7.19. The highest BCUT2D eigenvalue weighted by Gasteiger charge is 2.01. The number of rotatable bonds is 9. The quantitative estimate of drug-likeness (QED) is 0.622. The molecule has 3 heteroatoms. The minimum Gasteiger partial charge on any atom is -0.465 e. The van der Waals surface area contributed by atoms with E-state index >= 15 is 0 Å². The van der Waals surface area contributed by atoms with E-state index in [4.69, 9.17) is 5.11 Å². The van der Waals surface area contributed by atoms with E-state index in [1.54, 1.807) is 7.05 Å². The van der Waals surface area contributed by atoms with Gasteiger partial charge in [-0.1, -0.05) is 64.3 Å². The van der Waals surface area contributed by atoms with Crippen molar-refractivity contribution < 1.29 is 9.90 Å². The van der Waals surface area contributed by atoms with Crippen LogP contribution in [0.25, 0.3) is 0 Å². The number of allylic oxidation sites excluding steroid dienone is 3. The molecule has 1 atom stereocenters. The third-order valence-electron chi connectivity index (χ3n) is 3.11. The van der Waals surface area contributed by atoms with Crippen LogP contribution in [-0.4, -0.2) is 29.7 Å². The molecule has 0 saturated heterocycles. The second-order valence-electron chi connectivity index (χ2n) is 5.69. The van der Waals surface area contributed by atoms with Crippen LogP contribution in [0, 0.1) is 11.8 Å². The monoisotopic (exact) mass is 267 g/mol. The van der Waals surface area contributed by atoms with Crippen molar-refractivity contribution in [2.75, 3.05) is 13.6 Å². The van der Waals surface area contributed by atoms with Gasteiger partial charge < -0.3 is 10.0 Å². The number of carbonyl (C=O) groups is 1. The molecule has 3 nitrogen and oxygen atoms in total. The molecule has 0 aromatic carbocycles. The molecule has 19 heavy (non-hydrogen) atoms. The van der Waals surface area contributed by atoms with Gasteiger partial charge in [0.15, 0.2) is 0 Å². The number of carboxylic acid groups (broad SMARTS) is 1. The Hall–Kier alpha value is -1.25. The SMILES string of the molecule is CC(C)CCCC(C)CC=CC=CCN(C)C(=O)O. The van der Waals surface area contributed by atoms with Crippen molar-refractivity contribution in [3.63, 3.8) is 0 Å². The molecular formula is C16H29NO2. The van der Waals surface area contributed by atoms with Crippen LogP contribution < -0.4 is 0 Å². The molecular weight excluding hydrogens is 238 g/mol. The highest BCUT2D eigenvalue weighted by atomic mass is 16.4. The van der Waals surface area contributed by atoms with Crippen LogP contribution in [0.4, 0.5) is 4.79 Å². The van der Waals surface area contributed by atoms with Crippen LogP contribution in [0.1, 0.15) is 46.5 Å². The van der Waals surface area contributed by atoms with Crippen LogP contribution in [0.5, 0.6) is 0 Å². The number of hydrogen-bond donors (Lipinski definition) is 1. The summed E-state index contributed by atoms with van der Waals surface area (Å²) >= 11 is 0. The fourth-order valence-corrected chi connectivity index (χ4v) is 1.76.